The van der Waals surface area contributed by atoms with E-state index >= 15 is 0 Å². The van der Waals surface area contributed by atoms with Crippen LogP contribution in [-0.4, -0.2) is 38.8 Å². The molecule has 0 radical (unpaired) electrons. The smallest absolute Gasteiger partial charge is 0.240 e. The van der Waals surface area contributed by atoms with Gasteiger partial charge < -0.3 is 10.0 Å². The fourth-order valence-corrected chi connectivity index (χ4v) is 3.11. The molecule has 1 fully saturated rings. The monoisotopic (exact) mass is 270 g/mol. The molecule has 2 rings (SSSR count). The highest BCUT2D eigenvalue weighted by molar-refractivity contribution is 7.89. The molecule has 0 saturated carbocycles. The molecule has 1 aromatic rings. The first-order valence-electron chi connectivity index (χ1n) is 5.91. The summed E-state index contributed by atoms with van der Waals surface area (Å²) in [4.78, 5) is 2.27. The van der Waals surface area contributed by atoms with E-state index in [1.165, 1.54) is 0 Å². The maximum absolute atomic E-state index is 11.7. The Balaban J connectivity index is 2.12. The predicted molar refractivity (Wildman–Crippen MR) is 70.1 cm³/mol. The molecular formula is C12H18N2O3S. The Kier molecular flexibility index (Phi) is 3.35. The van der Waals surface area contributed by atoms with Crippen molar-refractivity contribution in [3.63, 3.8) is 0 Å². The highest BCUT2D eigenvalue weighted by Gasteiger charge is 2.36. The summed E-state index contributed by atoms with van der Waals surface area (Å²) >= 11 is 0. The molecule has 1 heterocycles. The highest BCUT2D eigenvalue weighted by atomic mass is 32.2. The van der Waals surface area contributed by atoms with Gasteiger partial charge in [-0.2, -0.15) is 0 Å². The number of sulfonamides is 1. The third-order valence-electron chi connectivity index (χ3n) is 2.91. The molecule has 5 nitrogen and oxygen atoms in total. The SMILES string of the molecule is CCNS(=O)(=O)c1ccc(N2CC(C)(O)C2)cc1. The number of hydrogen-bond acceptors (Lipinski definition) is 4. The maximum Gasteiger partial charge on any atom is 0.240 e. The van der Waals surface area contributed by atoms with Crippen LogP contribution in [-0.2, 0) is 10.0 Å². The van der Waals surface area contributed by atoms with Gasteiger partial charge in [0.05, 0.1) is 10.5 Å². The topological polar surface area (TPSA) is 69.6 Å². The van der Waals surface area contributed by atoms with Gasteiger partial charge in [-0.3, -0.25) is 0 Å². The number of nitrogens with zero attached hydrogens (tertiary/aromatic N) is 1. The van der Waals surface area contributed by atoms with Gasteiger partial charge in [-0.1, -0.05) is 6.92 Å². The molecule has 18 heavy (non-hydrogen) atoms. The van der Waals surface area contributed by atoms with E-state index in [0.29, 0.717) is 19.6 Å². The summed E-state index contributed by atoms with van der Waals surface area (Å²) < 4.78 is 25.9. The van der Waals surface area contributed by atoms with Crippen molar-refractivity contribution >= 4 is 15.7 Å². The normalized spacial score (nSPS) is 18.5. The first-order chi connectivity index (χ1) is 8.34. The van der Waals surface area contributed by atoms with E-state index in [0.717, 1.165) is 5.69 Å². The first-order valence-corrected chi connectivity index (χ1v) is 7.39. The summed E-state index contributed by atoms with van der Waals surface area (Å²) in [6, 6.07) is 6.69. The molecule has 0 spiro atoms. The zero-order chi connectivity index (χ0) is 13.4. The van der Waals surface area contributed by atoms with Crippen LogP contribution in [0.2, 0.25) is 0 Å². The van der Waals surface area contributed by atoms with Crippen molar-refractivity contribution in [3.05, 3.63) is 24.3 Å². The van der Waals surface area contributed by atoms with E-state index in [-0.39, 0.29) is 4.90 Å². The minimum atomic E-state index is -3.38. The maximum atomic E-state index is 11.7. The average molecular weight is 270 g/mol. The quantitative estimate of drug-likeness (QED) is 0.838. The molecule has 0 aromatic heterocycles. The summed E-state index contributed by atoms with van der Waals surface area (Å²) in [6.07, 6.45) is 0. The summed E-state index contributed by atoms with van der Waals surface area (Å²) in [7, 11) is -3.38. The van der Waals surface area contributed by atoms with Gasteiger partial charge in [-0.05, 0) is 31.2 Å². The van der Waals surface area contributed by atoms with E-state index in [9.17, 15) is 13.5 Å². The van der Waals surface area contributed by atoms with Crippen molar-refractivity contribution in [1.82, 2.24) is 4.72 Å². The number of anilines is 1. The molecule has 0 atom stereocenters. The second kappa shape index (κ2) is 4.53. The molecule has 1 saturated heterocycles. The van der Waals surface area contributed by atoms with Crippen LogP contribution < -0.4 is 9.62 Å². The van der Waals surface area contributed by atoms with Crippen LogP contribution in [0.25, 0.3) is 0 Å². The van der Waals surface area contributed by atoms with Gasteiger partial charge in [0.15, 0.2) is 0 Å². The van der Waals surface area contributed by atoms with Crippen LogP contribution in [0.1, 0.15) is 13.8 Å². The van der Waals surface area contributed by atoms with Crippen LogP contribution in [0.4, 0.5) is 5.69 Å². The first kappa shape index (κ1) is 13.3. The van der Waals surface area contributed by atoms with Crippen molar-refractivity contribution in [1.29, 1.82) is 0 Å². The molecule has 1 aliphatic heterocycles. The lowest BCUT2D eigenvalue weighted by Crippen LogP contribution is -2.60. The third kappa shape index (κ3) is 2.66. The third-order valence-corrected chi connectivity index (χ3v) is 4.47. The molecular weight excluding hydrogens is 252 g/mol. The van der Waals surface area contributed by atoms with Crippen molar-refractivity contribution in [3.8, 4) is 0 Å². The van der Waals surface area contributed by atoms with Crippen LogP contribution in [0.5, 0.6) is 0 Å². The molecule has 0 unspecified atom stereocenters. The molecule has 1 aliphatic rings. The van der Waals surface area contributed by atoms with Gasteiger partial charge in [0, 0.05) is 25.3 Å². The Morgan fingerprint density at radius 2 is 1.89 bits per heavy atom. The summed E-state index contributed by atoms with van der Waals surface area (Å²) in [5.74, 6) is 0. The van der Waals surface area contributed by atoms with E-state index in [1.807, 2.05) is 4.90 Å². The van der Waals surface area contributed by atoms with Crippen molar-refractivity contribution in [2.75, 3.05) is 24.5 Å². The lowest BCUT2D eigenvalue weighted by molar-refractivity contribution is 0.0310. The Morgan fingerprint density at radius 1 is 1.33 bits per heavy atom. The average Bonchev–Trinajstić information content (AvgIpc) is 2.26. The molecule has 6 heteroatoms. The lowest BCUT2D eigenvalue weighted by Gasteiger charge is -2.45. The zero-order valence-corrected chi connectivity index (χ0v) is 11.4. The second-order valence-electron chi connectivity index (χ2n) is 4.85. The largest absolute Gasteiger partial charge is 0.386 e. The van der Waals surface area contributed by atoms with Gasteiger partial charge in [0.25, 0.3) is 0 Å². The molecule has 0 bridgehead atoms. The number of β-amino-alcohol motifs (C(OH)–C–C–N with tert-alkyl or cyclic N) is 1. The van der Waals surface area contributed by atoms with Crippen molar-refractivity contribution < 1.29 is 13.5 Å². The molecule has 100 valence electrons. The zero-order valence-electron chi connectivity index (χ0n) is 10.5. The lowest BCUT2D eigenvalue weighted by atomic mass is 9.96. The minimum absolute atomic E-state index is 0.264. The van der Waals surface area contributed by atoms with E-state index in [2.05, 4.69) is 4.72 Å². The fraction of sp³-hybridized carbons (Fsp3) is 0.500. The van der Waals surface area contributed by atoms with Gasteiger partial charge >= 0.3 is 0 Å². The minimum Gasteiger partial charge on any atom is -0.386 e. The number of nitrogens with one attached hydrogen (secondary N) is 1. The predicted octanol–water partition coefficient (Wildman–Crippen LogP) is 0.556. The van der Waals surface area contributed by atoms with E-state index in [4.69, 9.17) is 0 Å². The van der Waals surface area contributed by atoms with Crippen LogP contribution in [0, 0.1) is 0 Å². The number of benzene rings is 1. The van der Waals surface area contributed by atoms with Gasteiger partial charge in [-0.15, -0.1) is 0 Å². The van der Waals surface area contributed by atoms with Crippen LogP contribution in [0.3, 0.4) is 0 Å². The Bertz CT molecular complexity index is 515. The van der Waals surface area contributed by atoms with Gasteiger partial charge in [-0.25, -0.2) is 13.1 Å². The Hall–Kier alpha value is -1.11. The van der Waals surface area contributed by atoms with E-state index < -0.39 is 15.6 Å². The summed E-state index contributed by atoms with van der Waals surface area (Å²) in [5, 5.41) is 9.65. The molecule has 2 N–H and O–H groups in total. The van der Waals surface area contributed by atoms with E-state index in [1.54, 1.807) is 38.1 Å². The van der Waals surface area contributed by atoms with Crippen molar-refractivity contribution in [2.45, 2.75) is 24.3 Å². The standard InChI is InChI=1S/C12H18N2O3S/c1-3-13-18(16,17)11-6-4-10(5-7-11)14-8-12(2,15)9-14/h4-7,13,15H,3,8-9H2,1-2H3. The fourth-order valence-electron chi connectivity index (χ4n) is 2.07. The highest BCUT2D eigenvalue weighted by Crippen LogP contribution is 2.27. The Morgan fingerprint density at radius 3 is 2.33 bits per heavy atom. The van der Waals surface area contributed by atoms with Crippen LogP contribution in [0.15, 0.2) is 29.2 Å². The van der Waals surface area contributed by atoms with Crippen LogP contribution >= 0.6 is 0 Å². The molecule has 0 aliphatic carbocycles. The second-order valence-corrected chi connectivity index (χ2v) is 6.62. The van der Waals surface area contributed by atoms with Gasteiger partial charge in [0.1, 0.15) is 0 Å². The number of aliphatic hydroxyl groups is 1. The molecule has 0 amide bonds. The molecule has 1 aromatic carbocycles. The number of rotatable bonds is 4. The summed E-state index contributed by atoms with van der Waals surface area (Å²) in [6.45, 7) is 5.05. The van der Waals surface area contributed by atoms with Crippen molar-refractivity contribution in [2.24, 2.45) is 0 Å². The summed E-state index contributed by atoms with van der Waals surface area (Å²) in [5.41, 5.74) is 0.297. The Labute approximate surface area is 107 Å². The number of hydrogen-bond donors (Lipinski definition) is 2. The van der Waals surface area contributed by atoms with Gasteiger partial charge in [0.2, 0.25) is 10.0 Å².